The third kappa shape index (κ3) is 1.26. The number of halogens is 1. The second-order valence-corrected chi connectivity index (χ2v) is 3.22. The van der Waals surface area contributed by atoms with E-state index in [4.69, 9.17) is 17.2 Å². The van der Waals surface area contributed by atoms with Gasteiger partial charge in [0, 0.05) is 0 Å². The van der Waals surface area contributed by atoms with Crippen LogP contribution in [-0.4, -0.2) is 0 Å². The molecule has 3 nitrogen and oxygen atoms in total. The van der Waals surface area contributed by atoms with Gasteiger partial charge in [-0.05, 0) is 34.5 Å². The average molecular weight is 216 g/mol. The summed E-state index contributed by atoms with van der Waals surface area (Å²) in [6.07, 6.45) is 0. The van der Waals surface area contributed by atoms with Crippen LogP contribution in [0.3, 0.4) is 0 Å². The van der Waals surface area contributed by atoms with E-state index in [1.54, 1.807) is 6.07 Å². The third-order valence-electron chi connectivity index (χ3n) is 1.58. The zero-order valence-corrected chi connectivity index (χ0v) is 7.77. The van der Waals surface area contributed by atoms with Crippen molar-refractivity contribution >= 4 is 33.0 Å². The Balaban J connectivity index is 3.46. The molecule has 1 rings (SSSR count). The molecule has 6 N–H and O–H groups in total. The Labute approximate surface area is 73.7 Å². The average Bonchev–Trinajstić information content (AvgIpc) is 1.97. The standard InChI is InChI=1S/C7H10BrN3/c1-3-2-4(9)7(11)5(8)6(3)10/h2H,9-11H2,1H3. The van der Waals surface area contributed by atoms with E-state index in [0.717, 1.165) is 5.56 Å². The number of nitrogen functional groups attached to an aromatic ring is 3. The van der Waals surface area contributed by atoms with Crippen LogP contribution in [0.4, 0.5) is 17.1 Å². The quantitative estimate of drug-likeness (QED) is 0.575. The van der Waals surface area contributed by atoms with Gasteiger partial charge in [0.1, 0.15) is 0 Å². The molecule has 0 atom stereocenters. The number of hydrogen-bond donors (Lipinski definition) is 3. The van der Waals surface area contributed by atoms with E-state index in [2.05, 4.69) is 15.9 Å². The summed E-state index contributed by atoms with van der Waals surface area (Å²) >= 11 is 3.25. The van der Waals surface area contributed by atoms with Crippen LogP contribution in [0.25, 0.3) is 0 Å². The summed E-state index contributed by atoms with van der Waals surface area (Å²) in [5.41, 5.74) is 19.5. The Bertz CT molecular complexity index is 270. The molecular weight excluding hydrogens is 206 g/mol. The number of nitrogens with two attached hydrogens (primary N) is 3. The van der Waals surface area contributed by atoms with Crippen LogP contribution in [0.15, 0.2) is 10.5 Å². The maximum Gasteiger partial charge on any atom is 0.0713 e. The fraction of sp³-hybridized carbons (Fsp3) is 0.143. The molecular formula is C7H10BrN3. The second-order valence-electron chi connectivity index (χ2n) is 2.42. The molecule has 0 bridgehead atoms. The normalized spacial score (nSPS) is 10.0. The van der Waals surface area contributed by atoms with E-state index in [1.807, 2.05) is 6.92 Å². The number of benzene rings is 1. The maximum absolute atomic E-state index is 5.67. The number of aryl methyl sites for hydroxylation is 1. The summed E-state index contributed by atoms with van der Waals surface area (Å²) < 4.78 is 0.690. The molecule has 0 aliphatic heterocycles. The molecule has 0 radical (unpaired) electrons. The fourth-order valence-corrected chi connectivity index (χ4v) is 1.38. The summed E-state index contributed by atoms with van der Waals surface area (Å²) in [4.78, 5) is 0. The van der Waals surface area contributed by atoms with E-state index in [0.29, 0.717) is 21.5 Å². The molecule has 0 saturated heterocycles. The van der Waals surface area contributed by atoms with Crippen molar-refractivity contribution in [1.29, 1.82) is 0 Å². The van der Waals surface area contributed by atoms with Crippen molar-refractivity contribution < 1.29 is 0 Å². The van der Waals surface area contributed by atoms with Gasteiger partial charge in [0.25, 0.3) is 0 Å². The maximum atomic E-state index is 5.67. The lowest BCUT2D eigenvalue weighted by atomic mass is 10.1. The first kappa shape index (κ1) is 8.20. The lowest BCUT2D eigenvalue weighted by Gasteiger charge is -2.08. The van der Waals surface area contributed by atoms with Crippen molar-refractivity contribution in [3.63, 3.8) is 0 Å². The van der Waals surface area contributed by atoms with Crippen molar-refractivity contribution in [3.05, 3.63) is 16.1 Å². The van der Waals surface area contributed by atoms with Gasteiger partial charge >= 0.3 is 0 Å². The zero-order chi connectivity index (χ0) is 8.59. The highest BCUT2D eigenvalue weighted by atomic mass is 79.9. The molecule has 1 aromatic rings. The van der Waals surface area contributed by atoms with Crippen LogP contribution in [0, 0.1) is 6.92 Å². The Morgan fingerprint density at radius 3 is 2.27 bits per heavy atom. The molecule has 0 heterocycles. The van der Waals surface area contributed by atoms with Crippen molar-refractivity contribution in [2.24, 2.45) is 0 Å². The molecule has 0 aliphatic carbocycles. The molecule has 1 aromatic carbocycles. The first-order valence-electron chi connectivity index (χ1n) is 3.13. The molecule has 0 spiro atoms. The Morgan fingerprint density at radius 2 is 1.73 bits per heavy atom. The smallest absolute Gasteiger partial charge is 0.0713 e. The van der Waals surface area contributed by atoms with E-state index in [1.165, 1.54) is 0 Å². The summed E-state index contributed by atoms with van der Waals surface area (Å²) in [7, 11) is 0. The largest absolute Gasteiger partial charge is 0.398 e. The topological polar surface area (TPSA) is 78.1 Å². The van der Waals surface area contributed by atoms with Gasteiger partial charge in [0.15, 0.2) is 0 Å². The first-order chi connectivity index (χ1) is 5.04. The monoisotopic (exact) mass is 215 g/mol. The summed E-state index contributed by atoms with van der Waals surface area (Å²) in [6, 6.07) is 1.76. The van der Waals surface area contributed by atoms with E-state index >= 15 is 0 Å². The predicted octanol–water partition coefficient (Wildman–Crippen LogP) is 1.50. The van der Waals surface area contributed by atoms with Gasteiger partial charge in [0.05, 0.1) is 21.5 Å². The van der Waals surface area contributed by atoms with Crippen molar-refractivity contribution in [1.82, 2.24) is 0 Å². The number of rotatable bonds is 0. The van der Waals surface area contributed by atoms with Gasteiger partial charge in [-0.1, -0.05) is 0 Å². The molecule has 0 fully saturated rings. The molecule has 0 unspecified atom stereocenters. The minimum Gasteiger partial charge on any atom is -0.398 e. The summed E-state index contributed by atoms with van der Waals surface area (Å²) in [5, 5.41) is 0. The van der Waals surface area contributed by atoms with E-state index in [-0.39, 0.29) is 0 Å². The third-order valence-corrected chi connectivity index (χ3v) is 2.44. The lowest BCUT2D eigenvalue weighted by molar-refractivity contribution is 1.45. The highest BCUT2D eigenvalue weighted by molar-refractivity contribution is 9.10. The van der Waals surface area contributed by atoms with Crippen LogP contribution in [-0.2, 0) is 0 Å². The number of hydrogen-bond acceptors (Lipinski definition) is 3. The molecule has 11 heavy (non-hydrogen) atoms. The Kier molecular flexibility index (Phi) is 1.95. The number of anilines is 3. The van der Waals surface area contributed by atoms with Crippen molar-refractivity contribution in [2.75, 3.05) is 17.2 Å². The van der Waals surface area contributed by atoms with Crippen LogP contribution < -0.4 is 17.2 Å². The summed E-state index contributed by atoms with van der Waals surface area (Å²) in [6.45, 7) is 1.88. The van der Waals surface area contributed by atoms with Gasteiger partial charge in [-0.3, -0.25) is 0 Å². The molecule has 0 amide bonds. The summed E-state index contributed by atoms with van der Waals surface area (Å²) in [5.74, 6) is 0. The molecule has 0 saturated carbocycles. The van der Waals surface area contributed by atoms with E-state index < -0.39 is 0 Å². The Morgan fingerprint density at radius 1 is 1.18 bits per heavy atom. The molecule has 0 aromatic heterocycles. The molecule has 0 aliphatic rings. The van der Waals surface area contributed by atoms with E-state index in [9.17, 15) is 0 Å². The van der Waals surface area contributed by atoms with Gasteiger partial charge in [-0.15, -0.1) is 0 Å². The zero-order valence-electron chi connectivity index (χ0n) is 6.19. The minimum atomic E-state index is 0.508. The highest BCUT2D eigenvalue weighted by Crippen LogP contribution is 2.33. The van der Waals surface area contributed by atoms with Crippen LogP contribution in [0.5, 0.6) is 0 Å². The highest BCUT2D eigenvalue weighted by Gasteiger charge is 2.06. The second kappa shape index (κ2) is 2.62. The van der Waals surface area contributed by atoms with Crippen LogP contribution >= 0.6 is 15.9 Å². The van der Waals surface area contributed by atoms with Gasteiger partial charge in [0.2, 0.25) is 0 Å². The SMILES string of the molecule is Cc1cc(N)c(N)c(Br)c1N. The van der Waals surface area contributed by atoms with Crippen molar-refractivity contribution in [2.45, 2.75) is 6.92 Å². The van der Waals surface area contributed by atoms with Crippen LogP contribution in [0.1, 0.15) is 5.56 Å². The molecule has 4 heteroatoms. The predicted molar refractivity (Wildman–Crippen MR) is 52.1 cm³/mol. The van der Waals surface area contributed by atoms with Gasteiger partial charge < -0.3 is 17.2 Å². The first-order valence-corrected chi connectivity index (χ1v) is 3.93. The lowest BCUT2D eigenvalue weighted by Crippen LogP contribution is -2.00. The molecule has 60 valence electrons. The Hall–Kier alpha value is -0.900. The van der Waals surface area contributed by atoms with Gasteiger partial charge in [-0.2, -0.15) is 0 Å². The fourth-order valence-electron chi connectivity index (χ4n) is 0.834. The van der Waals surface area contributed by atoms with Gasteiger partial charge in [-0.25, -0.2) is 0 Å². The van der Waals surface area contributed by atoms with Crippen molar-refractivity contribution in [3.8, 4) is 0 Å². The van der Waals surface area contributed by atoms with Crippen LogP contribution in [0.2, 0.25) is 0 Å². The minimum absolute atomic E-state index is 0.508.